The Morgan fingerprint density at radius 1 is 1.18 bits per heavy atom. The molecule has 1 saturated carbocycles. The molecule has 0 aromatic heterocycles. The summed E-state index contributed by atoms with van der Waals surface area (Å²) in [5.74, 6) is 1.75. The number of benzene rings is 1. The van der Waals surface area contributed by atoms with Gasteiger partial charge in [-0.15, -0.1) is 0 Å². The van der Waals surface area contributed by atoms with E-state index >= 15 is 0 Å². The maximum Gasteiger partial charge on any atom is 0.231 e. The molecule has 0 bridgehead atoms. The SMILES string of the molecule is CC(C)(CN[C@H]1CCN(C2CC2)C1)c1ccc2c(c1)OCO2. The van der Waals surface area contributed by atoms with E-state index in [9.17, 15) is 0 Å². The van der Waals surface area contributed by atoms with Crippen molar-refractivity contribution in [3.8, 4) is 11.5 Å². The highest BCUT2D eigenvalue weighted by Gasteiger charge is 2.35. The van der Waals surface area contributed by atoms with E-state index in [-0.39, 0.29) is 5.41 Å². The summed E-state index contributed by atoms with van der Waals surface area (Å²) in [6, 6.07) is 7.88. The van der Waals surface area contributed by atoms with Gasteiger partial charge in [-0.05, 0) is 37.0 Å². The predicted octanol–water partition coefficient (Wildman–Crippen LogP) is 2.52. The Balaban J connectivity index is 1.36. The van der Waals surface area contributed by atoms with Crippen LogP contribution >= 0.6 is 0 Å². The minimum atomic E-state index is 0.0913. The van der Waals surface area contributed by atoms with Crippen LogP contribution in [0, 0.1) is 0 Å². The summed E-state index contributed by atoms with van der Waals surface area (Å²) in [6.45, 7) is 8.43. The standard InChI is InChI=1S/C18H26N2O2/c1-18(2,13-3-6-16-17(9-13)22-12-21-16)11-19-14-7-8-20(10-14)15-4-5-15/h3,6,9,14-15,19H,4-5,7-8,10-12H2,1-2H3/t14-/m0/s1. The van der Waals surface area contributed by atoms with Gasteiger partial charge in [-0.3, -0.25) is 4.90 Å². The topological polar surface area (TPSA) is 33.7 Å². The van der Waals surface area contributed by atoms with Crippen LogP contribution in [-0.2, 0) is 5.41 Å². The molecule has 0 amide bonds. The van der Waals surface area contributed by atoms with E-state index in [0.29, 0.717) is 12.8 Å². The van der Waals surface area contributed by atoms with Gasteiger partial charge in [0.15, 0.2) is 11.5 Å². The first kappa shape index (κ1) is 14.3. The van der Waals surface area contributed by atoms with Gasteiger partial charge < -0.3 is 14.8 Å². The van der Waals surface area contributed by atoms with Crippen molar-refractivity contribution in [1.29, 1.82) is 0 Å². The second-order valence-electron chi connectivity index (χ2n) is 7.54. The number of ether oxygens (including phenoxy) is 2. The van der Waals surface area contributed by atoms with Crippen LogP contribution in [0.5, 0.6) is 11.5 Å². The molecule has 4 nitrogen and oxygen atoms in total. The van der Waals surface area contributed by atoms with Gasteiger partial charge in [0.2, 0.25) is 6.79 Å². The van der Waals surface area contributed by atoms with Crippen LogP contribution in [0.25, 0.3) is 0 Å². The molecule has 1 N–H and O–H groups in total. The summed E-state index contributed by atoms with van der Waals surface area (Å²) < 4.78 is 10.9. The summed E-state index contributed by atoms with van der Waals surface area (Å²) >= 11 is 0. The summed E-state index contributed by atoms with van der Waals surface area (Å²) in [5.41, 5.74) is 1.40. The Hall–Kier alpha value is -1.26. The second-order valence-corrected chi connectivity index (χ2v) is 7.54. The average Bonchev–Trinajstić information content (AvgIpc) is 3.08. The monoisotopic (exact) mass is 302 g/mol. The lowest BCUT2D eigenvalue weighted by molar-refractivity contribution is 0.174. The molecule has 0 radical (unpaired) electrons. The van der Waals surface area contributed by atoms with Crippen molar-refractivity contribution in [2.45, 2.75) is 50.6 Å². The van der Waals surface area contributed by atoms with Crippen LogP contribution in [-0.4, -0.2) is 43.4 Å². The molecule has 22 heavy (non-hydrogen) atoms. The highest BCUT2D eigenvalue weighted by atomic mass is 16.7. The van der Waals surface area contributed by atoms with E-state index in [1.807, 2.05) is 6.07 Å². The zero-order valence-electron chi connectivity index (χ0n) is 13.6. The first-order valence-electron chi connectivity index (χ1n) is 8.49. The predicted molar refractivity (Wildman–Crippen MR) is 86.6 cm³/mol. The van der Waals surface area contributed by atoms with Crippen LogP contribution < -0.4 is 14.8 Å². The van der Waals surface area contributed by atoms with Crippen molar-refractivity contribution in [2.24, 2.45) is 0 Å². The van der Waals surface area contributed by atoms with Crippen LogP contribution in [0.1, 0.15) is 38.7 Å². The molecule has 2 aliphatic heterocycles. The highest BCUT2D eigenvalue weighted by molar-refractivity contribution is 5.46. The molecular formula is C18H26N2O2. The van der Waals surface area contributed by atoms with Crippen molar-refractivity contribution in [2.75, 3.05) is 26.4 Å². The van der Waals surface area contributed by atoms with E-state index in [1.54, 1.807) is 0 Å². The minimum absolute atomic E-state index is 0.0913. The fourth-order valence-electron chi connectivity index (χ4n) is 3.54. The van der Waals surface area contributed by atoms with Gasteiger partial charge in [0.05, 0.1) is 0 Å². The number of hydrogen-bond donors (Lipinski definition) is 1. The third-order valence-electron chi connectivity index (χ3n) is 5.27. The average molecular weight is 302 g/mol. The normalized spacial score (nSPS) is 24.9. The number of likely N-dealkylation sites (tertiary alicyclic amines) is 1. The Morgan fingerprint density at radius 2 is 2.00 bits per heavy atom. The Morgan fingerprint density at radius 3 is 2.82 bits per heavy atom. The maximum absolute atomic E-state index is 5.51. The zero-order valence-corrected chi connectivity index (χ0v) is 13.6. The molecule has 1 saturated heterocycles. The van der Waals surface area contributed by atoms with Crippen molar-refractivity contribution >= 4 is 0 Å². The van der Waals surface area contributed by atoms with E-state index in [2.05, 4.69) is 36.2 Å². The minimum Gasteiger partial charge on any atom is -0.454 e. The van der Waals surface area contributed by atoms with Crippen molar-refractivity contribution in [1.82, 2.24) is 10.2 Å². The Bertz CT molecular complexity index is 554. The lowest BCUT2D eigenvalue weighted by Crippen LogP contribution is -2.40. The quantitative estimate of drug-likeness (QED) is 0.906. The molecule has 1 aromatic carbocycles. The van der Waals surface area contributed by atoms with Gasteiger partial charge in [0, 0.05) is 37.1 Å². The van der Waals surface area contributed by atoms with Crippen LogP contribution in [0.3, 0.4) is 0 Å². The molecule has 0 unspecified atom stereocenters. The molecule has 0 spiro atoms. The number of rotatable bonds is 5. The fraction of sp³-hybridized carbons (Fsp3) is 0.667. The van der Waals surface area contributed by atoms with Crippen LogP contribution in [0.2, 0.25) is 0 Å². The van der Waals surface area contributed by atoms with E-state index in [4.69, 9.17) is 9.47 Å². The fourth-order valence-corrected chi connectivity index (χ4v) is 3.54. The van der Waals surface area contributed by atoms with Gasteiger partial charge in [-0.25, -0.2) is 0 Å². The van der Waals surface area contributed by atoms with Crippen molar-refractivity contribution < 1.29 is 9.47 Å². The maximum atomic E-state index is 5.51. The summed E-state index contributed by atoms with van der Waals surface area (Å²) in [6.07, 6.45) is 4.11. The van der Waals surface area contributed by atoms with Crippen LogP contribution in [0.15, 0.2) is 18.2 Å². The Labute approximate surface area is 132 Å². The summed E-state index contributed by atoms with van der Waals surface area (Å²) in [7, 11) is 0. The molecular weight excluding hydrogens is 276 g/mol. The number of nitrogens with zero attached hydrogens (tertiary/aromatic N) is 1. The van der Waals surface area contributed by atoms with Crippen molar-refractivity contribution in [3.05, 3.63) is 23.8 Å². The molecule has 4 rings (SSSR count). The van der Waals surface area contributed by atoms with E-state index in [1.165, 1.54) is 37.9 Å². The molecule has 3 aliphatic rings. The molecule has 1 aliphatic carbocycles. The van der Waals surface area contributed by atoms with Gasteiger partial charge in [0.1, 0.15) is 0 Å². The molecule has 2 fully saturated rings. The third-order valence-corrected chi connectivity index (χ3v) is 5.27. The first-order valence-corrected chi connectivity index (χ1v) is 8.49. The zero-order chi connectivity index (χ0) is 15.2. The lowest BCUT2D eigenvalue weighted by Gasteiger charge is -2.28. The summed E-state index contributed by atoms with van der Waals surface area (Å²) in [5, 5.41) is 3.79. The molecule has 120 valence electrons. The van der Waals surface area contributed by atoms with Gasteiger partial charge in [-0.1, -0.05) is 19.9 Å². The van der Waals surface area contributed by atoms with E-state index < -0.39 is 0 Å². The Kier molecular flexibility index (Phi) is 3.54. The first-order chi connectivity index (χ1) is 10.6. The molecule has 4 heteroatoms. The van der Waals surface area contributed by atoms with Gasteiger partial charge in [0.25, 0.3) is 0 Å². The second kappa shape index (κ2) is 5.43. The van der Waals surface area contributed by atoms with E-state index in [0.717, 1.165) is 24.1 Å². The smallest absolute Gasteiger partial charge is 0.231 e. The number of nitrogens with one attached hydrogen (secondary N) is 1. The molecule has 2 heterocycles. The van der Waals surface area contributed by atoms with Gasteiger partial charge in [-0.2, -0.15) is 0 Å². The van der Waals surface area contributed by atoms with Crippen LogP contribution in [0.4, 0.5) is 0 Å². The molecule has 1 atom stereocenters. The highest BCUT2D eigenvalue weighted by Crippen LogP contribution is 2.36. The summed E-state index contributed by atoms with van der Waals surface area (Å²) in [4.78, 5) is 2.66. The third kappa shape index (κ3) is 2.82. The number of hydrogen-bond acceptors (Lipinski definition) is 4. The largest absolute Gasteiger partial charge is 0.454 e. The van der Waals surface area contributed by atoms with Crippen molar-refractivity contribution in [3.63, 3.8) is 0 Å². The number of fused-ring (bicyclic) bond motifs is 1. The molecule has 1 aromatic rings. The van der Waals surface area contributed by atoms with Gasteiger partial charge >= 0.3 is 0 Å². The lowest BCUT2D eigenvalue weighted by atomic mass is 9.84.